The first-order valence-electron chi connectivity index (χ1n) is 10.1. The molecule has 1 amide bonds. The van der Waals surface area contributed by atoms with E-state index in [0.717, 1.165) is 23.4 Å². The molecule has 0 saturated heterocycles. The third-order valence-corrected chi connectivity index (χ3v) is 6.48. The zero-order chi connectivity index (χ0) is 22.5. The molecule has 164 valence electrons. The van der Waals surface area contributed by atoms with E-state index in [1.807, 2.05) is 54.8 Å². The van der Waals surface area contributed by atoms with Gasteiger partial charge in [-0.3, -0.25) is 14.2 Å². The van der Waals surface area contributed by atoms with Crippen molar-refractivity contribution in [1.29, 1.82) is 0 Å². The van der Waals surface area contributed by atoms with Crippen LogP contribution in [0.2, 0.25) is 0 Å². The molecule has 0 aliphatic heterocycles. The number of nitrogens with zero attached hydrogens (tertiary/aromatic N) is 3. The van der Waals surface area contributed by atoms with E-state index in [0.29, 0.717) is 27.7 Å². The molecule has 0 fully saturated rings. The van der Waals surface area contributed by atoms with Crippen molar-refractivity contribution < 1.29 is 9.53 Å². The third-order valence-electron chi connectivity index (χ3n) is 4.74. The topological polar surface area (TPSA) is 86.1 Å². The smallest absolute Gasteiger partial charge is 0.262 e. The molecule has 9 heteroatoms. The van der Waals surface area contributed by atoms with Gasteiger partial charge in [-0.1, -0.05) is 30.8 Å². The lowest BCUT2D eigenvalue weighted by Crippen LogP contribution is -2.24. The van der Waals surface area contributed by atoms with Crippen LogP contribution >= 0.6 is 23.1 Å². The second kappa shape index (κ2) is 9.97. The van der Waals surface area contributed by atoms with Crippen LogP contribution in [0.4, 0.5) is 5.13 Å². The molecule has 0 spiro atoms. The summed E-state index contributed by atoms with van der Waals surface area (Å²) in [4.78, 5) is 34.5. The minimum Gasteiger partial charge on any atom is -0.497 e. The monoisotopic (exact) mass is 466 g/mol. The standard InChI is InChI=1S/C23H22N4O3S2/c1-3-12-27-21(29)17-6-4-5-7-18(17)25-23(27)32-14-20(28)26-22-24-19(13-31-22)15-8-10-16(30-2)11-9-15/h4-11,13H,3,12,14H2,1-2H3,(H,24,26,28). The van der Waals surface area contributed by atoms with Gasteiger partial charge < -0.3 is 10.1 Å². The minimum atomic E-state index is -0.198. The summed E-state index contributed by atoms with van der Waals surface area (Å²) in [5, 5.41) is 6.39. The second-order valence-corrected chi connectivity index (χ2v) is 8.77. The Morgan fingerprint density at radius 1 is 1.16 bits per heavy atom. The molecule has 1 N–H and O–H groups in total. The number of hydrogen-bond donors (Lipinski definition) is 1. The predicted octanol–water partition coefficient (Wildman–Crippen LogP) is 4.67. The second-order valence-electron chi connectivity index (χ2n) is 6.97. The van der Waals surface area contributed by atoms with Crippen LogP contribution in [0.1, 0.15) is 13.3 Å². The molecule has 7 nitrogen and oxygen atoms in total. The molecular weight excluding hydrogens is 444 g/mol. The van der Waals surface area contributed by atoms with Crippen LogP contribution in [0.25, 0.3) is 22.2 Å². The number of para-hydroxylation sites is 1. The summed E-state index contributed by atoms with van der Waals surface area (Å²) in [6.45, 7) is 2.56. The fourth-order valence-corrected chi connectivity index (χ4v) is 4.75. The number of aromatic nitrogens is 3. The Bertz CT molecular complexity index is 1300. The van der Waals surface area contributed by atoms with E-state index in [9.17, 15) is 9.59 Å². The van der Waals surface area contributed by atoms with E-state index in [-0.39, 0.29) is 17.2 Å². The van der Waals surface area contributed by atoms with Gasteiger partial charge in [0.05, 0.1) is 29.5 Å². The molecule has 2 aromatic carbocycles. The van der Waals surface area contributed by atoms with Gasteiger partial charge in [0.2, 0.25) is 5.91 Å². The number of amides is 1. The molecule has 0 bridgehead atoms. The first-order chi connectivity index (χ1) is 15.6. The molecule has 32 heavy (non-hydrogen) atoms. The lowest BCUT2D eigenvalue weighted by molar-refractivity contribution is -0.113. The summed E-state index contributed by atoms with van der Waals surface area (Å²) in [7, 11) is 1.62. The van der Waals surface area contributed by atoms with Crippen molar-refractivity contribution in [2.45, 2.75) is 25.0 Å². The van der Waals surface area contributed by atoms with Crippen molar-refractivity contribution in [3.05, 3.63) is 64.3 Å². The molecule has 2 heterocycles. The first-order valence-corrected chi connectivity index (χ1v) is 12.0. The molecular formula is C23H22N4O3S2. The summed E-state index contributed by atoms with van der Waals surface area (Å²) in [6.07, 6.45) is 0.799. The number of fused-ring (bicyclic) bond motifs is 1. The number of carbonyl (C=O) groups is 1. The van der Waals surface area contributed by atoms with Gasteiger partial charge >= 0.3 is 0 Å². The van der Waals surface area contributed by atoms with Gasteiger partial charge in [-0.25, -0.2) is 9.97 Å². The van der Waals surface area contributed by atoms with E-state index in [1.54, 1.807) is 17.7 Å². The number of methoxy groups -OCH3 is 1. The van der Waals surface area contributed by atoms with Gasteiger partial charge in [0.1, 0.15) is 5.75 Å². The highest BCUT2D eigenvalue weighted by molar-refractivity contribution is 7.99. The number of rotatable bonds is 8. The zero-order valence-corrected chi connectivity index (χ0v) is 19.3. The quantitative estimate of drug-likeness (QED) is 0.300. The van der Waals surface area contributed by atoms with Crippen molar-refractivity contribution in [3.8, 4) is 17.0 Å². The largest absolute Gasteiger partial charge is 0.497 e. The highest BCUT2D eigenvalue weighted by Crippen LogP contribution is 2.27. The van der Waals surface area contributed by atoms with Crippen molar-refractivity contribution in [3.63, 3.8) is 0 Å². The van der Waals surface area contributed by atoms with E-state index in [1.165, 1.54) is 23.1 Å². The summed E-state index contributed by atoms with van der Waals surface area (Å²) in [5.41, 5.74) is 2.29. The van der Waals surface area contributed by atoms with Crippen LogP contribution in [-0.4, -0.2) is 33.3 Å². The Morgan fingerprint density at radius 2 is 1.94 bits per heavy atom. The Morgan fingerprint density at radius 3 is 2.69 bits per heavy atom. The number of carbonyl (C=O) groups excluding carboxylic acids is 1. The van der Waals surface area contributed by atoms with Crippen LogP contribution in [0.3, 0.4) is 0 Å². The number of thioether (sulfide) groups is 1. The van der Waals surface area contributed by atoms with Crippen molar-refractivity contribution in [2.75, 3.05) is 18.2 Å². The van der Waals surface area contributed by atoms with E-state index >= 15 is 0 Å². The summed E-state index contributed by atoms with van der Waals surface area (Å²) in [5.74, 6) is 0.709. The molecule has 0 aliphatic carbocycles. The van der Waals surface area contributed by atoms with Gasteiger partial charge in [0.25, 0.3) is 5.56 Å². The number of thiazole rings is 1. The lowest BCUT2D eigenvalue weighted by Gasteiger charge is -2.12. The Kier molecular flexibility index (Phi) is 6.87. The maximum atomic E-state index is 12.8. The van der Waals surface area contributed by atoms with E-state index < -0.39 is 0 Å². The van der Waals surface area contributed by atoms with Gasteiger partial charge in [-0.05, 0) is 42.8 Å². The van der Waals surface area contributed by atoms with Crippen LogP contribution in [-0.2, 0) is 11.3 Å². The summed E-state index contributed by atoms with van der Waals surface area (Å²) >= 11 is 2.62. The average molecular weight is 467 g/mol. The highest BCUT2D eigenvalue weighted by atomic mass is 32.2. The van der Waals surface area contributed by atoms with Gasteiger partial charge in [0.15, 0.2) is 10.3 Å². The normalized spacial score (nSPS) is 10.9. The predicted molar refractivity (Wildman–Crippen MR) is 130 cm³/mol. The zero-order valence-electron chi connectivity index (χ0n) is 17.7. The number of nitrogens with one attached hydrogen (secondary N) is 1. The molecule has 0 unspecified atom stereocenters. The number of hydrogen-bond acceptors (Lipinski definition) is 7. The Labute approximate surface area is 193 Å². The minimum absolute atomic E-state index is 0.0792. The van der Waals surface area contributed by atoms with E-state index in [2.05, 4.69) is 15.3 Å². The SMILES string of the molecule is CCCn1c(SCC(=O)Nc2nc(-c3ccc(OC)cc3)cs2)nc2ccccc2c1=O. The molecule has 0 radical (unpaired) electrons. The fourth-order valence-electron chi connectivity index (χ4n) is 3.19. The Hall–Kier alpha value is -3.17. The average Bonchev–Trinajstić information content (AvgIpc) is 3.28. The molecule has 4 rings (SSSR count). The summed E-state index contributed by atoms with van der Waals surface area (Å²) < 4.78 is 6.82. The van der Waals surface area contributed by atoms with Crippen LogP contribution in [0.15, 0.2) is 63.9 Å². The van der Waals surface area contributed by atoms with Gasteiger partial charge in [0, 0.05) is 17.5 Å². The Balaban J connectivity index is 1.45. The molecule has 4 aromatic rings. The number of benzene rings is 2. The van der Waals surface area contributed by atoms with Crippen LogP contribution < -0.4 is 15.6 Å². The lowest BCUT2D eigenvalue weighted by atomic mass is 10.2. The maximum Gasteiger partial charge on any atom is 0.262 e. The highest BCUT2D eigenvalue weighted by Gasteiger charge is 2.14. The van der Waals surface area contributed by atoms with Crippen molar-refractivity contribution >= 4 is 45.0 Å². The maximum absolute atomic E-state index is 12.8. The first kappa shape index (κ1) is 22.0. The summed E-state index contributed by atoms with van der Waals surface area (Å²) in [6, 6.07) is 14.9. The van der Waals surface area contributed by atoms with Crippen molar-refractivity contribution in [2.24, 2.45) is 0 Å². The van der Waals surface area contributed by atoms with E-state index in [4.69, 9.17) is 4.74 Å². The molecule has 0 saturated carbocycles. The fraction of sp³-hybridized carbons (Fsp3) is 0.217. The van der Waals surface area contributed by atoms with Crippen LogP contribution in [0, 0.1) is 0 Å². The van der Waals surface area contributed by atoms with Crippen LogP contribution in [0.5, 0.6) is 5.75 Å². The third kappa shape index (κ3) is 4.84. The molecule has 0 aliphatic rings. The molecule has 2 aromatic heterocycles. The van der Waals surface area contributed by atoms with Gasteiger partial charge in [-0.2, -0.15) is 0 Å². The molecule has 0 atom stereocenters. The number of ether oxygens (including phenoxy) is 1. The van der Waals surface area contributed by atoms with Crippen molar-refractivity contribution in [1.82, 2.24) is 14.5 Å². The number of anilines is 1. The van der Waals surface area contributed by atoms with Gasteiger partial charge in [-0.15, -0.1) is 11.3 Å².